The van der Waals surface area contributed by atoms with Crippen LogP contribution in [-0.4, -0.2) is 4.57 Å². The average Bonchev–Trinajstić information content (AvgIpc) is 2.37. The third kappa shape index (κ3) is 2.09. The lowest BCUT2D eigenvalue weighted by molar-refractivity contribution is 0.678. The lowest BCUT2D eigenvalue weighted by atomic mass is 10.2. The summed E-state index contributed by atoms with van der Waals surface area (Å²) in [6, 6.07) is 2.24. The highest BCUT2D eigenvalue weighted by Gasteiger charge is 1.99. The number of rotatable bonds is 3. The molecule has 1 aromatic heterocycles. The smallest absolute Gasteiger partial charge is 0.0281 e. The fraction of sp³-hybridized carbons (Fsp3) is 0.556. The summed E-state index contributed by atoms with van der Waals surface area (Å²) >= 11 is 0. The summed E-state index contributed by atoms with van der Waals surface area (Å²) in [6.45, 7) is 5.27. The third-order valence-corrected chi connectivity index (χ3v) is 1.78. The Morgan fingerprint density at radius 1 is 1.64 bits per heavy atom. The van der Waals surface area contributed by atoms with Gasteiger partial charge in [-0.15, -0.1) is 0 Å². The van der Waals surface area contributed by atoms with Crippen LogP contribution in [0.5, 0.6) is 0 Å². The Morgan fingerprint density at radius 2 is 2.36 bits per heavy atom. The molecule has 2 heteroatoms. The standard InChI is InChI=1S/C9H16N2/c1-3-5-11-6-4-9(7-11)8(2)10/h4,6-8H,3,5,10H2,1-2H3/t8-/m1/s1. The maximum absolute atomic E-state index is 5.71. The first-order valence-corrected chi connectivity index (χ1v) is 4.15. The summed E-state index contributed by atoms with van der Waals surface area (Å²) in [4.78, 5) is 0. The molecule has 0 fully saturated rings. The predicted octanol–water partition coefficient (Wildman–Crippen LogP) is 1.92. The van der Waals surface area contributed by atoms with E-state index in [1.165, 1.54) is 12.0 Å². The Hall–Kier alpha value is -0.760. The van der Waals surface area contributed by atoms with Crippen molar-refractivity contribution < 1.29 is 0 Å². The highest BCUT2D eigenvalue weighted by Crippen LogP contribution is 2.09. The van der Waals surface area contributed by atoms with Gasteiger partial charge in [-0.3, -0.25) is 0 Å². The molecule has 0 saturated carbocycles. The van der Waals surface area contributed by atoms with Gasteiger partial charge >= 0.3 is 0 Å². The summed E-state index contributed by atoms with van der Waals surface area (Å²) in [5.74, 6) is 0. The summed E-state index contributed by atoms with van der Waals surface area (Å²) in [7, 11) is 0. The lowest BCUT2D eigenvalue weighted by Crippen LogP contribution is -2.03. The zero-order valence-electron chi connectivity index (χ0n) is 7.25. The van der Waals surface area contributed by atoms with Crippen LogP contribution in [0, 0.1) is 0 Å². The van der Waals surface area contributed by atoms with Gasteiger partial charge in [-0.25, -0.2) is 0 Å². The van der Waals surface area contributed by atoms with Gasteiger partial charge in [0.2, 0.25) is 0 Å². The zero-order valence-corrected chi connectivity index (χ0v) is 7.25. The molecule has 0 aliphatic heterocycles. The number of nitrogens with two attached hydrogens (primary N) is 1. The summed E-state index contributed by atoms with van der Waals surface area (Å²) in [5.41, 5.74) is 6.93. The molecule has 0 spiro atoms. The van der Waals surface area contributed by atoms with Crippen LogP contribution in [-0.2, 0) is 6.54 Å². The molecule has 0 aliphatic carbocycles. The van der Waals surface area contributed by atoms with Gasteiger partial charge in [0.15, 0.2) is 0 Å². The van der Waals surface area contributed by atoms with Crippen LogP contribution in [0.25, 0.3) is 0 Å². The van der Waals surface area contributed by atoms with Crippen LogP contribution in [0.2, 0.25) is 0 Å². The summed E-state index contributed by atoms with van der Waals surface area (Å²) < 4.78 is 2.18. The van der Waals surface area contributed by atoms with Crippen LogP contribution < -0.4 is 5.73 Å². The number of hydrogen-bond donors (Lipinski definition) is 1. The van der Waals surface area contributed by atoms with Crippen LogP contribution >= 0.6 is 0 Å². The van der Waals surface area contributed by atoms with E-state index in [1.54, 1.807) is 0 Å². The lowest BCUT2D eigenvalue weighted by Gasteiger charge is -2.00. The Balaban J connectivity index is 2.66. The van der Waals surface area contributed by atoms with Crippen LogP contribution in [0.15, 0.2) is 18.5 Å². The van der Waals surface area contributed by atoms with Gasteiger partial charge < -0.3 is 10.3 Å². The molecule has 0 amide bonds. The minimum atomic E-state index is 0.160. The van der Waals surface area contributed by atoms with E-state index in [4.69, 9.17) is 5.73 Å². The van der Waals surface area contributed by atoms with Gasteiger partial charge in [0, 0.05) is 25.0 Å². The van der Waals surface area contributed by atoms with E-state index >= 15 is 0 Å². The van der Waals surface area contributed by atoms with Crippen molar-refractivity contribution in [2.75, 3.05) is 0 Å². The molecule has 2 nitrogen and oxygen atoms in total. The Bertz CT molecular complexity index is 213. The molecule has 1 rings (SSSR count). The van der Waals surface area contributed by atoms with Gasteiger partial charge in [0.1, 0.15) is 0 Å². The second-order valence-electron chi connectivity index (χ2n) is 2.97. The van der Waals surface area contributed by atoms with E-state index in [9.17, 15) is 0 Å². The van der Waals surface area contributed by atoms with Gasteiger partial charge in [-0.05, 0) is 25.0 Å². The van der Waals surface area contributed by atoms with Crippen molar-refractivity contribution >= 4 is 0 Å². The first-order chi connectivity index (χ1) is 5.24. The molecule has 0 aromatic carbocycles. The second-order valence-corrected chi connectivity index (χ2v) is 2.97. The zero-order chi connectivity index (χ0) is 8.27. The maximum Gasteiger partial charge on any atom is 0.0281 e. The monoisotopic (exact) mass is 152 g/mol. The quantitative estimate of drug-likeness (QED) is 0.704. The number of nitrogens with zero attached hydrogens (tertiary/aromatic N) is 1. The minimum absolute atomic E-state index is 0.160. The predicted molar refractivity (Wildman–Crippen MR) is 47.3 cm³/mol. The molecule has 62 valence electrons. The van der Waals surface area contributed by atoms with Crippen molar-refractivity contribution in [2.45, 2.75) is 32.9 Å². The molecule has 11 heavy (non-hydrogen) atoms. The molecule has 0 unspecified atom stereocenters. The molecular formula is C9H16N2. The van der Waals surface area contributed by atoms with Gasteiger partial charge in [-0.1, -0.05) is 6.92 Å². The molecule has 0 aliphatic rings. The molecule has 1 aromatic rings. The third-order valence-electron chi connectivity index (χ3n) is 1.78. The van der Waals surface area contributed by atoms with Gasteiger partial charge in [0.25, 0.3) is 0 Å². The van der Waals surface area contributed by atoms with Gasteiger partial charge in [-0.2, -0.15) is 0 Å². The van der Waals surface area contributed by atoms with Crippen molar-refractivity contribution in [3.63, 3.8) is 0 Å². The van der Waals surface area contributed by atoms with E-state index in [0.29, 0.717) is 0 Å². The highest BCUT2D eigenvalue weighted by atomic mass is 14.9. The molecule has 0 saturated heterocycles. The molecule has 0 radical (unpaired) electrons. The van der Waals surface area contributed by atoms with Gasteiger partial charge in [0.05, 0.1) is 0 Å². The molecule has 1 atom stereocenters. The molecule has 2 N–H and O–H groups in total. The Kier molecular flexibility index (Phi) is 2.71. The maximum atomic E-state index is 5.71. The topological polar surface area (TPSA) is 30.9 Å². The Morgan fingerprint density at radius 3 is 2.82 bits per heavy atom. The normalized spacial score (nSPS) is 13.4. The van der Waals surface area contributed by atoms with E-state index in [-0.39, 0.29) is 6.04 Å². The molecule has 0 bridgehead atoms. The van der Waals surface area contributed by atoms with Crippen molar-refractivity contribution in [3.05, 3.63) is 24.0 Å². The fourth-order valence-corrected chi connectivity index (χ4v) is 1.13. The van der Waals surface area contributed by atoms with E-state index < -0.39 is 0 Å². The largest absolute Gasteiger partial charge is 0.354 e. The average molecular weight is 152 g/mol. The fourth-order valence-electron chi connectivity index (χ4n) is 1.13. The second kappa shape index (κ2) is 3.58. The van der Waals surface area contributed by atoms with Crippen molar-refractivity contribution in [3.8, 4) is 0 Å². The number of aryl methyl sites for hydroxylation is 1. The number of aromatic nitrogens is 1. The first kappa shape index (κ1) is 8.34. The first-order valence-electron chi connectivity index (χ1n) is 4.15. The van der Waals surface area contributed by atoms with E-state index in [0.717, 1.165) is 6.54 Å². The Labute approximate surface area is 68.0 Å². The van der Waals surface area contributed by atoms with Crippen LogP contribution in [0.4, 0.5) is 0 Å². The van der Waals surface area contributed by atoms with Crippen molar-refractivity contribution in [2.24, 2.45) is 5.73 Å². The SMILES string of the molecule is CCCn1ccc([C@@H](C)N)c1. The highest BCUT2D eigenvalue weighted by molar-refractivity contribution is 5.13. The summed E-state index contributed by atoms with van der Waals surface area (Å²) in [5, 5.41) is 0. The number of hydrogen-bond acceptors (Lipinski definition) is 1. The van der Waals surface area contributed by atoms with Crippen molar-refractivity contribution in [1.29, 1.82) is 0 Å². The van der Waals surface area contributed by atoms with E-state index in [2.05, 4.69) is 30.0 Å². The molecular weight excluding hydrogens is 136 g/mol. The van der Waals surface area contributed by atoms with E-state index in [1.807, 2.05) is 6.92 Å². The minimum Gasteiger partial charge on any atom is -0.354 e. The summed E-state index contributed by atoms with van der Waals surface area (Å²) in [6.07, 6.45) is 5.38. The van der Waals surface area contributed by atoms with Crippen LogP contribution in [0.1, 0.15) is 31.9 Å². The van der Waals surface area contributed by atoms with Crippen molar-refractivity contribution in [1.82, 2.24) is 4.57 Å². The van der Waals surface area contributed by atoms with Crippen LogP contribution in [0.3, 0.4) is 0 Å². The molecule has 1 heterocycles.